The Morgan fingerprint density at radius 2 is 2.07 bits per heavy atom. The van der Waals surface area contributed by atoms with Gasteiger partial charge in [-0.25, -0.2) is 4.79 Å². The Morgan fingerprint density at radius 3 is 2.79 bits per heavy atom. The topological polar surface area (TPSA) is 113 Å². The summed E-state index contributed by atoms with van der Waals surface area (Å²) in [5.74, 6) is 1.76. The summed E-state index contributed by atoms with van der Waals surface area (Å²) in [6.45, 7) is 3.05. The summed E-state index contributed by atoms with van der Waals surface area (Å²) >= 11 is 0. The Balaban J connectivity index is 1.50. The van der Waals surface area contributed by atoms with Crippen LogP contribution in [-0.4, -0.2) is 48.5 Å². The first-order valence-electron chi connectivity index (χ1n) is 10.7. The highest BCUT2D eigenvalue weighted by molar-refractivity contribution is 5.99. The Hall–Kier alpha value is -2.35. The number of likely N-dealkylation sites (tertiary alicyclic amines) is 1. The Kier molecular flexibility index (Phi) is 7.69. The second-order valence-electron chi connectivity index (χ2n) is 8.17. The summed E-state index contributed by atoms with van der Waals surface area (Å²) in [7, 11) is 1.41. The number of rotatable bonds is 6. The number of nitrogens with zero attached hydrogens (tertiary/aromatic N) is 2. The third-order valence-electron chi connectivity index (χ3n) is 6.07. The van der Waals surface area contributed by atoms with Crippen molar-refractivity contribution in [3.63, 3.8) is 0 Å². The number of methoxy groups -OCH3 is 1. The van der Waals surface area contributed by atoms with Crippen molar-refractivity contribution in [2.24, 2.45) is 22.6 Å². The molecule has 29 heavy (non-hydrogen) atoms. The standard InChI is InChI=1S/C21H33N5O3/c1-29-17-9-10-18(23-20(17)27)24-21(28)25-19(22)16-8-5-12-26(14-16)13-11-15-6-3-2-4-7-15/h9-10,15-16H,2-8,11-14H2,1H3,(H4,22,23,24,25,27,28)/t16-/m0/s1. The van der Waals surface area contributed by atoms with Gasteiger partial charge in [-0.05, 0) is 50.4 Å². The van der Waals surface area contributed by atoms with E-state index in [-0.39, 0.29) is 17.5 Å². The number of nitrogens with two attached hydrogens (primary N) is 1. The number of amides is 2. The fraction of sp³-hybridized carbons (Fsp3) is 0.667. The van der Waals surface area contributed by atoms with E-state index in [0.29, 0.717) is 5.84 Å². The largest absolute Gasteiger partial charge is 0.491 e. The first kappa shape index (κ1) is 21.4. The number of amidine groups is 1. The van der Waals surface area contributed by atoms with Crippen molar-refractivity contribution in [2.45, 2.75) is 51.4 Å². The van der Waals surface area contributed by atoms with Gasteiger partial charge in [-0.1, -0.05) is 32.1 Å². The van der Waals surface area contributed by atoms with E-state index in [9.17, 15) is 9.59 Å². The SMILES string of the molecule is COc1ccc(NC(=O)/N=C(\N)[C@H]2CCCN(CCC3CCCCC3)C2)[nH]c1=O. The zero-order valence-electron chi connectivity index (χ0n) is 17.3. The highest BCUT2D eigenvalue weighted by Gasteiger charge is 2.24. The van der Waals surface area contributed by atoms with Gasteiger partial charge < -0.3 is 20.4 Å². The maximum absolute atomic E-state index is 12.2. The molecule has 4 N–H and O–H groups in total. The first-order chi connectivity index (χ1) is 14.0. The highest BCUT2D eigenvalue weighted by atomic mass is 16.5. The van der Waals surface area contributed by atoms with Gasteiger partial charge in [-0.15, -0.1) is 0 Å². The van der Waals surface area contributed by atoms with Crippen LogP contribution >= 0.6 is 0 Å². The number of ether oxygens (including phenoxy) is 1. The molecule has 0 radical (unpaired) electrons. The van der Waals surface area contributed by atoms with Gasteiger partial charge in [-0.2, -0.15) is 4.99 Å². The number of nitrogens with one attached hydrogen (secondary N) is 2. The van der Waals surface area contributed by atoms with Gasteiger partial charge in [0.1, 0.15) is 11.7 Å². The summed E-state index contributed by atoms with van der Waals surface area (Å²) in [6, 6.07) is 2.47. The number of aromatic amines is 1. The molecule has 8 nitrogen and oxygen atoms in total. The molecule has 2 amide bonds. The lowest BCUT2D eigenvalue weighted by atomic mass is 9.86. The minimum absolute atomic E-state index is 0.0933. The van der Waals surface area contributed by atoms with Crippen LogP contribution in [0.25, 0.3) is 0 Å². The summed E-state index contributed by atoms with van der Waals surface area (Å²) in [4.78, 5) is 32.9. The maximum atomic E-state index is 12.2. The molecule has 0 bridgehead atoms. The van der Waals surface area contributed by atoms with E-state index in [0.717, 1.165) is 38.4 Å². The molecule has 2 aliphatic rings. The molecular weight excluding hydrogens is 370 g/mol. The van der Waals surface area contributed by atoms with Crippen molar-refractivity contribution >= 4 is 17.7 Å². The first-order valence-corrected chi connectivity index (χ1v) is 10.7. The third kappa shape index (κ3) is 6.32. The van der Waals surface area contributed by atoms with Crippen LogP contribution in [0.5, 0.6) is 5.75 Å². The van der Waals surface area contributed by atoms with Crippen LogP contribution in [0.3, 0.4) is 0 Å². The van der Waals surface area contributed by atoms with E-state index in [1.165, 1.54) is 51.7 Å². The van der Waals surface area contributed by atoms with Crippen molar-refractivity contribution in [3.8, 4) is 5.75 Å². The number of anilines is 1. The zero-order valence-corrected chi connectivity index (χ0v) is 17.3. The molecule has 0 unspecified atom stereocenters. The Morgan fingerprint density at radius 1 is 1.28 bits per heavy atom. The van der Waals surface area contributed by atoms with Crippen LogP contribution in [0.1, 0.15) is 51.4 Å². The van der Waals surface area contributed by atoms with Crippen molar-refractivity contribution < 1.29 is 9.53 Å². The monoisotopic (exact) mass is 403 g/mol. The van der Waals surface area contributed by atoms with Gasteiger partial charge in [0.25, 0.3) is 5.56 Å². The number of piperidine rings is 1. The van der Waals surface area contributed by atoms with Crippen molar-refractivity contribution in [1.82, 2.24) is 9.88 Å². The summed E-state index contributed by atoms with van der Waals surface area (Å²) in [5.41, 5.74) is 5.74. The number of urea groups is 1. The number of hydrogen-bond donors (Lipinski definition) is 3. The third-order valence-corrected chi connectivity index (χ3v) is 6.07. The molecule has 0 spiro atoms. The molecule has 0 aromatic carbocycles. The van der Waals surface area contributed by atoms with Crippen LogP contribution in [0, 0.1) is 11.8 Å². The maximum Gasteiger partial charge on any atom is 0.348 e. The van der Waals surface area contributed by atoms with E-state index in [1.54, 1.807) is 6.07 Å². The molecule has 160 valence electrons. The molecule has 2 fully saturated rings. The lowest BCUT2D eigenvalue weighted by Gasteiger charge is -2.33. The van der Waals surface area contributed by atoms with E-state index < -0.39 is 11.6 Å². The molecule has 1 aliphatic carbocycles. The molecular formula is C21H33N5O3. The van der Waals surface area contributed by atoms with Crippen molar-refractivity contribution in [2.75, 3.05) is 32.1 Å². The molecule has 8 heteroatoms. The summed E-state index contributed by atoms with van der Waals surface area (Å²) in [6.07, 6.45) is 10.2. The molecule has 1 saturated carbocycles. The lowest BCUT2D eigenvalue weighted by Crippen LogP contribution is -2.42. The van der Waals surface area contributed by atoms with Crippen molar-refractivity contribution in [1.29, 1.82) is 0 Å². The quantitative estimate of drug-likeness (QED) is 0.499. The van der Waals surface area contributed by atoms with Crippen molar-refractivity contribution in [3.05, 3.63) is 22.5 Å². The fourth-order valence-electron chi connectivity index (χ4n) is 4.39. The Labute approximate surface area is 171 Å². The molecule has 1 aliphatic heterocycles. The van der Waals surface area contributed by atoms with Gasteiger partial charge >= 0.3 is 6.03 Å². The van der Waals surface area contributed by atoms with Gasteiger partial charge in [0.05, 0.1) is 7.11 Å². The van der Waals surface area contributed by atoms with Gasteiger partial charge in [0, 0.05) is 12.5 Å². The van der Waals surface area contributed by atoms with E-state index >= 15 is 0 Å². The van der Waals surface area contributed by atoms with E-state index in [4.69, 9.17) is 10.5 Å². The number of carbonyl (C=O) groups is 1. The number of aromatic nitrogens is 1. The summed E-state index contributed by atoms with van der Waals surface area (Å²) < 4.78 is 4.91. The van der Waals surface area contributed by atoms with E-state index in [2.05, 4.69) is 20.2 Å². The second-order valence-corrected chi connectivity index (χ2v) is 8.17. The minimum atomic E-state index is -0.581. The van der Waals surface area contributed by atoms with Gasteiger partial charge in [0.2, 0.25) is 0 Å². The molecule has 1 aromatic rings. The van der Waals surface area contributed by atoms with Crippen LogP contribution in [-0.2, 0) is 0 Å². The average Bonchev–Trinajstić information content (AvgIpc) is 2.73. The van der Waals surface area contributed by atoms with Crippen LogP contribution < -0.4 is 21.3 Å². The molecule has 1 atom stereocenters. The van der Waals surface area contributed by atoms with Gasteiger partial charge in [0.15, 0.2) is 5.75 Å². The number of H-pyrrole nitrogens is 1. The molecule has 2 heterocycles. The van der Waals surface area contributed by atoms with Crippen LogP contribution in [0.2, 0.25) is 0 Å². The number of pyridine rings is 1. The minimum Gasteiger partial charge on any atom is -0.491 e. The van der Waals surface area contributed by atoms with Crippen LogP contribution in [0.4, 0.5) is 10.6 Å². The number of hydrogen-bond acceptors (Lipinski definition) is 4. The predicted octanol–water partition coefficient (Wildman–Crippen LogP) is 2.96. The van der Waals surface area contributed by atoms with Gasteiger partial charge in [-0.3, -0.25) is 10.1 Å². The average molecular weight is 404 g/mol. The fourth-order valence-corrected chi connectivity index (χ4v) is 4.39. The molecule has 3 rings (SSSR count). The van der Waals surface area contributed by atoms with Crippen LogP contribution in [0.15, 0.2) is 21.9 Å². The molecule has 1 saturated heterocycles. The normalized spacial score (nSPS) is 21.7. The number of aliphatic imine (C=N–C) groups is 1. The predicted molar refractivity (Wildman–Crippen MR) is 115 cm³/mol. The van der Waals surface area contributed by atoms with E-state index in [1.807, 2.05) is 0 Å². The zero-order chi connectivity index (χ0) is 20.6. The smallest absolute Gasteiger partial charge is 0.348 e. The Bertz CT molecular complexity index is 770. The summed E-state index contributed by atoms with van der Waals surface area (Å²) in [5, 5.41) is 2.55. The highest BCUT2D eigenvalue weighted by Crippen LogP contribution is 2.27. The lowest BCUT2D eigenvalue weighted by molar-refractivity contribution is 0.182. The number of carbonyl (C=O) groups excluding carboxylic acids is 1. The molecule has 1 aromatic heterocycles. The second kappa shape index (κ2) is 10.4.